The maximum atomic E-state index is 8.48. The van der Waals surface area contributed by atoms with Gasteiger partial charge >= 0.3 is 0 Å². The maximum absolute atomic E-state index is 8.48. The van der Waals surface area contributed by atoms with Crippen molar-refractivity contribution in [3.8, 4) is 0 Å². The van der Waals surface area contributed by atoms with Crippen LogP contribution in [0.1, 0.15) is 12.8 Å². The zero-order valence-electron chi connectivity index (χ0n) is 5.95. The van der Waals surface area contributed by atoms with E-state index in [9.17, 15) is 0 Å². The first kappa shape index (κ1) is 7.35. The molecule has 2 heteroatoms. The van der Waals surface area contributed by atoms with Crippen LogP contribution in [0.3, 0.4) is 0 Å². The van der Waals surface area contributed by atoms with Crippen LogP contribution in [0.2, 0.25) is 0 Å². The van der Waals surface area contributed by atoms with Gasteiger partial charge in [0.15, 0.2) is 0 Å². The van der Waals surface area contributed by atoms with Gasteiger partial charge in [-0.1, -0.05) is 0 Å². The lowest BCUT2D eigenvalue weighted by Crippen LogP contribution is -1.95. The smallest absolute Gasteiger partial charge is 0.0647 e. The summed E-state index contributed by atoms with van der Waals surface area (Å²) < 4.78 is 2.00. The predicted octanol–water partition coefficient (Wildman–Crippen LogP) is 1.06. The van der Waals surface area contributed by atoms with Crippen molar-refractivity contribution >= 4 is 0 Å². The van der Waals surface area contributed by atoms with Gasteiger partial charge in [0.2, 0.25) is 0 Å². The Kier molecular flexibility index (Phi) is 3.03. The summed E-state index contributed by atoms with van der Waals surface area (Å²) in [4.78, 5) is 0. The van der Waals surface area contributed by atoms with Crippen LogP contribution >= 0.6 is 0 Å². The summed E-state index contributed by atoms with van der Waals surface area (Å²) in [6, 6.07) is 3.85. The minimum absolute atomic E-state index is 0.293. The molecule has 10 heavy (non-hydrogen) atoms. The Bertz CT molecular complexity index is 158. The van der Waals surface area contributed by atoms with E-state index in [1.165, 1.54) is 0 Å². The number of aromatic nitrogens is 1. The van der Waals surface area contributed by atoms with E-state index in [1.54, 1.807) is 0 Å². The molecule has 1 heterocycles. The minimum atomic E-state index is 0.293. The number of nitrogens with zero attached hydrogens (tertiary/aromatic N) is 1. The molecule has 0 aliphatic rings. The van der Waals surface area contributed by atoms with Gasteiger partial charge in [-0.3, -0.25) is 0 Å². The molecule has 1 radical (unpaired) electrons. The number of aliphatic hydroxyl groups is 1. The highest BCUT2D eigenvalue weighted by Gasteiger charge is 1.87. The summed E-state index contributed by atoms with van der Waals surface area (Å²) >= 11 is 0. The van der Waals surface area contributed by atoms with Gasteiger partial charge < -0.3 is 9.67 Å². The molecule has 0 aliphatic heterocycles. The molecule has 0 saturated heterocycles. The van der Waals surface area contributed by atoms with Crippen LogP contribution in [0, 0.1) is 6.20 Å². The Morgan fingerprint density at radius 3 is 2.90 bits per heavy atom. The Morgan fingerprint density at radius 2 is 2.30 bits per heavy atom. The fourth-order valence-corrected chi connectivity index (χ4v) is 0.862. The van der Waals surface area contributed by atoms with Gasteiger partial charge in [0.25, 0.3) is 0 Å². The van der Waals surface area contributed by atoms with Gasteiger partial charge in [0, 0.05) is 19.3 Å². The molecule has 1 aromatic heterocycles. The molecule has 1 N–H and O–H groups in total. The van der Waals surface area contributed by atoms with Crippen molar-refractivity contribution in [1.29, 1.82) is 0 Å². The monoisotopic (exact) mass is 138 g/mol. The quantitative estimate of drug-likeness (QED) is 0.618. The van der Waals surface area contributed by atoms with E-state index >= 15 is 0 Å². The molecule has 0 aromatic carbocycles. The van der Waals surface area contributed by atoms with Gasteiger partial charge in [-0.25, -0.2) is 0 Å². The van der Waals surface area contributed by atoms with Crippen LogP contribution in [-0.2, 0) is 6.54 Å². The van der Waals surface area contributed by atoms with Crippen LogP contribution in [0.15, 0.2) is 18.3 Å². The fraction of sp³-hybridized carbons (Fsp3) is 0.500. The molecule has 0 atom stereocenters. The molecule has 0 amide bonds. The van der Waals surface area contributed by atoms with Crippen LogP contribution in [-0.4, -0.2) is 16.3 Å². The number of hydrogen-bond acceptors (Lipinski definition) is 1. The molecule has 0 spiro atoms. The average molecular weight is 138 g/mol. The van der Waals surface area contributed by atoms with Gasteiger partial charge in [-0.15, -0.1) is 0 Å². The predicted molar refractivity (Wildman–Crippen MR) is 39.6 cm³/mol. The van der Waals surface area contributed by atoms with Crippen molar-refractivity contribution in [2.45, 2.75) is 19.4 Å². The van der Waals surface area contributed by atoms with Crippen molar-refractivity contribution in [2.24, 2.45) is 0 Å². The third-order valence-corrected chi connectivity index (χ3v) is 1.41. The molecular weight excluding hydrogens is 126 g/mol. The van der Waals surface area contributed by atoms with Gasteiger partial charge in [0.1, 0.15) is 0 Å². The largest absolute Gasteiger partial charge is 0.396 e. The Morgan fingerprint density at radius 1 is 1.40 bits per heavy atom. The highest BCUT2D eigenvalue weighted by Crippen LogP contribution is 1.94. The number of hydrogen-bond donors (Lipinski definition) is 1. The first-order valence-electron chi connectivity index (χ1n) is 3.57. The van der Waals surface area contributed by atoms with Gasteiger partial charge in [0.05, 0.1) is 6.20 Å². The van der Waals surface area contributed by atoms with Crippen LogP contribution in [0.4, 0.5) is 0 Å². The van der Waals surface area contributed by atoms with Crippen molar-refractivity contribution in [3.63, 3.8) is 0 Å². The third kappa shape index (κ3) is 2.23. The maximum Gasteiger partial charge on any atom is 0.0647 e. The normalized spacial score (nSPS) is 10.1. The first-order chi connectivity index (χ1) is 4.93. The second kappa shape index (κ2) is 4.12. The fourth-order valence-electron chi connectivity index (χ4n) is 0.862. The highest BCUT2D eigenvalue weighted by molar-refractivity contribution is 4.88. The molecule has 55 valence electrons. The lowest BCUT2D eigenvalue weighted by molar-refractivity contribution is 0.281. The number of aliphatic hydroxyl groups excluding tert-OH is 1. The van der Waals surface area contributed by atoms with E-state index in [2.05, 4.69) is 6.20 Å². The second-order valence-corrected chi connectivity index (χ2v) is 2.26. The molecule has 0 unspecified atom stereocenters. The van der Waals surface area contributed by atoms with Crippen LogP contribution in [0.25, 0.3) is 0 Å². The lowest BCUT2D eigenvalue weighted by Gasteiger charge is -1.98. The first-order valence-corrected chi connectivity index (χ1v) is 3.57. The zero-order valence-corrected chi connectivity index (χ0v) is 5.95. The molecule has 0 aliphatic carbocycles. The summed E-state index contributed by atoms with van der Waals surface area (Å²) in [6.07, 6.45) is 6.92. The molecule has 2 nitrogen and oxygen atoms in total. The van der Waals surface area contributed by atoms with Crippen LogP contribution in [0.5, 0.6) is 0 Å². The standard InChI is InChI=1S/C8H12NO/c10-8-4-3-7-9-5-1-2-6-9/h1-2,5,10H,3-4,7-8H2. The molecule has 0 fully saturated rings. The summed E-state index contributed by atoms with van der Waals surface area (Å²) in [6.45, 7) is 1.26. The highest BCUT2D eigenvalue weighted by atomic mass is 16.2. The second-order valence-electron chi connectivity index (χ2n) is 2.26. The van der Waals surface area contributed by atoms with E-state index in [0.29, 0.717) is 6.61 Å². The van der Waals surface area contributed by atoms with E-state index < -0.39 is 0 Å². The van der Waals surface area contributed by atoms with E-state index in [1.807, 2.05) is 22.9 Å². The molecule has 0 bridgehead atoms. The Balaban J connectivity index is 2.15. The zero-order chi connectivity index (χ0) is 7.23. The topological polar surface area (TPSA) is 25.2 Å². The average Bonchev–Trinajstić information content (AvgIpc) is 2.41. The molecular formula is C8H12NO. The van der Waals surface area contributed by atoms with Crippen molar-refractivity contribution in [1.82, 2.24) is 4.57 Å². The molecule has 1 aromatic rings. The van der Waals surface area contributed by atoms with Crippen molar-refractivity contribution < 1.29 is 5.11 Å². The minimum Gasteiger partial charge on any atom is -0.396 e. The number of unbranched alkanes of at least 4 members (excludes halogenated alkanes) is 1. The van der Waals surface area contributed by atoms with Crippen LogP contribution < -0.4 is 0 Å². The van der Waals surface area contributed by atoms with Crippen molar-refractivity contribution in [3.05, 3.63) is 24.5 Å². The van der Waals surface area contributed by atoms with E-state index in [0.717, 1.165) is 19.4 Å². The van der Waals surface area contributed by atoms with Gasteiger partial charge in [-0.05, 0) is 25.0 Å². The Hall–Kier alpha value is -0.760. The Labute approximate surface area is 61.1 Å². The number of aryl methyl sites for hydroxylation is 1. The lowest BCUT2D eigenvalue weighted by atomic mass is 10.3. The molecule has 0 saturated carbocycles. The van der Waals surface area contributed by atoms with E-state index in [4.69, 9.17) is 5.11 Å². The number of rotatable bonds is 4. The SMILES string of the molecule is OCCCCn1[c]ccc1. The summed E-state index contributed by atoms with van der Waals surface area (Å²) in [5, 5.41) is 8.48. The van der Waals surface area contributed by atoms with E-state index in [-0.39, 0.29) is 0 Å². The van der Waals surface area contributed by atoms with Gasteiger partial charge in [-0.2, -0.15) is 0 Å². The third-order valence-electron chi connectivity index (χ3n) is 1.41. The summed E-state index contributed by atoms with van der Waals surface area (Å²) in [7, 11) is 0. The van der Waals surface area contributed by atoms with Crippen molar-refractivity contribution in [2.75, 3.05) is 6.61 Å². The summed E-state index contributed by atoms with van der Waals surface area (Å²) in [5.41, 5.74) is 0. The molecule has 1 rings (SSSR count). The summed E-state index contributed by atoms with van der Waals surface area (Å²) in [5.74, 6) is 0.